The van der Waals surface area contributed by atoms with Gasteiger partial charge in [0.1, 0.15) is 5.56 Å². The van der Waals surface area contributed by atoms with E-state index in [0.717, 1.165) is 18.4 Å². The molecule has 1 heterocycles. The quantitative estimate of drug-likeness (QED) is 0.177. The second kappa shape index (κ2) is 10.9. The first-order valence-corrected chi connectivity index (χ1v) is 12.8. The molecule has 0 radical (unpaired) electrons. The molecule has 1 aromatic heterocycles. The lowest BCUT2D eigenvalue weighted by molar-refractivity contribution is -0.385. The van der Waals surface area contributed by atoms with E-state index in [1.165, 1.54) is 23.0 Å². The Kier molecular flexibility index (Phi) is 8.77. The number of carbonyl (C=O) groups excluding carboxylic acids is 1. The molecule has 0 aliphatic carbocycles. The zero-order chi connectivity index (χ0) is 25.8. The molecule has 34 heavy (non-hydrogen) atoms. The van der Waals surface area contributed by atoms with Gasteiger partial charge in [0, 0.05) is 18.2 Å². The number of benzene rings is 1. The van der Waals surface area contributed by atoms with Gasteiger partial charge in [-0.1, -0.05) is 25.8 Å². The van der Waals surface area contributed by atoms with E-state index in [2.05, 4.69) is 5.10 Å². The highest BCUT2D eigenvalue weighted by Crippen LogP contribution is 2.35. The van der Waals surface area contributed by atoms with Crippen molar-refractivity contribution in [3.8, 4) is 5.88 Å². The van der Waals surface area contributed by atoms with Crippen LogP contribution in [-0.2, 0) is 16.7 Å². The monoisotopic (exact) mass is 491 g/mol. The van der Waals surface area contributed by atoms with Crippen molar-refractivity contribution in [3.63, 3.8) is 0 Å². The maximum atomic E-state index is 13.6. The Labute approximate surface area is 201 Å². The molecule has 0 N–H and O–H groups in total. The fourth-order valence-electron chi connectivity index (χ4n) is 3.45. The minimum Gasteiger partial charge on any atom is -0.361 e. The van der Waals surface area contributed by atoms with E-state index in [0.29, 0.717) is 29.7 Å². The van der Waals surface area contributed by atoms with E-state index in [1.807, 2.05) is 20.8 Å². The van der Waals surface area contributed by atoms with Gasteiger partial charge < -0.3 is 4.18 Å². The zero-order valence-corrected chi connectivity index (χ0v) is 21.7. The van der Waals surface area contributed by atoms with Crippen LogP contribution in [-0.4, -0.2) is 34.2 Å². The lowest BCUT2D eigenvalue weighted by Crippen LogP contribution is -2.24. The maximum absolute atomic E-state index is 13.6. The number of carbonyl (C=O) groups is 1. The maximum Gasteiger partial charge on any atom is 0.313 e. The smallest absolute Gasteiger partial charge is 0.313 e. The summed E-state index contributed by atoms with van der Waals surface area (Å²) in [5.74, 6) is -0.635. The lowest BCUT2D eigenvalue weighted by Gasteiger charge is -2.16. The van der Waals surface area contributed by atoms with Crippen molar-refractivity contribution in [2.24, 2.45) is 0 Å². The predicted molar refractivity (Wildman–Crippen MR) is 132 cm³/mol. The number of hydrogen-bond donors (Lipinski definition) is 0. The van der Waals surface area contributed by atoms with Crippen molar-refractivity contribution in [1.82, 2.24) is 9.78 Å². The molecule has 186 valence electrons. The molecule has 0 spiro atoms. The Morgan fingerprint density at radius 3 is 2.38 bits per heavy atom. The fourth-order valence-corrected chi connectivity index (χ4v) is 4.41. The average Bonchev–Trinajstić information content (AvgIpc) is 3.17. The van der Waals surface area contributed by atoms with Gasteiger partial charge in [-0.05, 0) is 64.7 Å². The summed E-state index contributed by atoms with van der Waals surface area (Å²) in [6.45, 7) is 12.8. The van der Waals surface area contributed by atoms with E-state index >= 15 is 0 Å². The molecular formula is C24H33N3O6S. The number of aryl methyl sites for hydroxylation is 1. The van der Waals surface area contributed by atoms with E-state index < -0.39 is 26.1 Å². The summed E-state index contributed by atoms with van der Waals surface area (Å²) in [7, 11) is -3.99. The Bertz CT molecular complexity index is 1220. The Hall–Kier alpha value is -3.01. The van der Waals surface area contributed by atoms with Gasteiger partial charge >= 0.3 is 10.1 Å². The molecule has 1 atom stereocenters. The van der Waals surface area contributed by atoms with Crippen LogP contribution in [0.25, 0.3) is 5.57 Å². The van der Waals surface area contributed by atoms with E-state index in [1.54, 1.807) is 27.7 Å². The largest absolute Gasteiger partial charge is 0.361 e. The second-order valence-electron chi connectivity index (χ2n) is 8.58. The summed E-state index contributed by atoms with van der Waals surface area (Å²) in [6, 6.07) is 2.70. The number of unbranched alkanes of at least 4 members (excludes halogenated alkanes) is 1. The highest BCUT2D eigenvalue weighted by Gasteiger charge is 2.30. The van der Waals surface area contributed by atoms with Crippen LogP contribution >= 0.6 is 0 Å². The molecular weight excluding hydrogens is 458 g/mol. The molecule has 0 aliphatic rings. The normalized spacial score (nSPS) is 12.3. The van der Waals surface area contributed by atoms with Gasteiger partial charge in [0.15, 0.2) is 5.78 Å². The predicted octanol–water partition coefficient (Wildman–Crippen LogP) is 5.45. The zero-order valence-electron chi connectivity index (χ0n) is 20.8. The molecule has 0 saturated heterocycles. The molecule has 1 aromatic carbocycles. The van der Waals surface area contributed by atoms with E-state index in [-0.39, 0.29) is 22.7 Å². The number of allylic oxidation sites excluding steroid dienone is 2. The average molecular weight is 492 g/mol. The number of nitrogens with zero attached hydrogens (tertiary/aromatic N) is 3. The van der Waals surface area contributed by atoms with Crippen molar-refractivity contribution in [2.75, 3.05) is 0 Å². The molecule has 10 heteroatoms. The first-order valence-electron chi connectivity index (χ1n) is 11.3. The minimum absolute atomic E-state index is 0.000683. The molecule has 9 nitrogen and oxygen atoms in total. The highest BCUT2D eigenvalue weighted by molar-refractivity contribution is 7.87. The minimum atomic E-state index is -3.99. The van der Waals surface area contributed by atoms with Gasteiger partial charge in [-0.3, -0.25) is 14.9 Å². The Morgan fingerprint density at radius 2 is 1.85 bits per heavy atom. The summed E-state index contributed by atoms with van der Waals surface area (Å²) in [6.07, 6.45) is 3.21. The fraction of sp³-hybridized carbons (Fsp3) is 0.500. The van der Waals surface area contributed by atoms with Gasteiger partial charge in [0.2, 0.25) is 5.88 Å². The third-order valence-electron chi connectivity index (χ3n) is 6.03. The van der Waals surface area contributed by atoms with Gasteiger partial charge in [-0.25, -0.2) is 4.68 Å². The van der Waals surface area contributed by atoms with Gasteiger partial charge in [-0.2, -0.15) is 13.5 Å². The topological polar surface area (TPSA) is 121 Å². The van der Waals surface area contributed by atoms with Crippen molar-refractivity contribution >= 4 is 27.2 Å². The van der Waals surface area contributed by atoms with Crippen LogP contribution < -0.4 is 4.18 Å². The Balaban J connectivity index is 2.70. The Morgan fingerprint density at radius 1 is 1.21 bits per heavy atom. The molecule has 2 rings (SSSR count). The van der Waals surface area contributed by atoms with Crippen molar-refractivity contribution in [2.45, 2.75) is 79.5 Å². The van der Waals surface area contributed by atoms with Crippen LogP contribution in [0.15, 0.2) is 23.9 Å². The molecule has 1 unspecified atom stereocenters. The second-order valence-corrected chi connectivity index (χ2v) is 10.5. The van der Waals surface area contributed by atoms with Gasteiger partial charge in [-0.15, -0.1) is 0 Å². The first kappa shape index (κ1) is 27.2. The molecule has 0 fully saturated rings. The molecule has 2 aromatic rings. The number of ketones is 1. The number of rotatable bonds is 11. The van der Waals surface area contributed by atoms with Crippen molar-refractivity contribution in [3.05, 3.63) is 56.3 Å². The lowest BCUT2D eigenvalue weighted by atomic mass is 9.90. The number of nitro groups is 1. The summed E-state index contributed by atoms with van der Waals surface area (Å²) in [4.78, 5) is 24.8. The molecule has 0 aliphatic heterocycles. The van der Waals surface area contributed by atoms with Crippen LogP contribution in [0.1, 0.15) is 87.9 Å². The van der Waals surface area contributed by atoms with Crippen molar-refractivity contribution < 1.29 is 22.3 Å². The van der Waals surface area contributed by atoms with Gasteiger partial charge in [0.05, 0.1) is 21.9 Å². The van der Waals surface area contributed by atoms with E-state index in [4.69, 9.17) is 4.18 Å². The van der Waals surface area contributed by atoms with Crippen LogP contribution in [0.4, 0.5) is 5.69 Å². The molecule has 0 bridgehead atoms. The number of hydrogen-bond acceptors (Lipinski definition) is 7. The van der Waals surface area contributed by atoms with Crippen molar-refractivity contribution in [1.29, 1.82) is 0 Å². The third kappa shape index (κ3) is 5.55. The van der Waals surface area contributed by atoms with Crippen LogP contribution in [0.2, 0.25) is 0 Å². The molecule has 0 amide bonds. The van der Waals surface area contributed by atoms with Crippen LogP contribution in [0.3, 0.4) is 0 Å². The van der Waals surface area contributed by atoms with Crippen LogP contribution in [0.5, 0.6) is 5.88 Å². The summed E-state index contributed by atoms with van der Waals surface area (Å²) in [5.41, 5.74) is 2.53. The summed E-state index contributed by atoms with van der Waals surface area (Å²) < 4.78 is 32.3. The van der Waals surface area contributed by atoms with Crippen LogP contribution in [0, 0.1) is 17.0 Å². The number of nitro benzene ring substituents is 1. The standard InChI is InChI=1S/C24H33N3O6S/c1-8-10-13-26-24(33-34(31,32)16(5)9-2)20(14-25-26)23(28)19-11-12-21(27(29)30)22(18(19)7)17(6)15(3)4/h11-12,14,16H,8-10,13H2,1-7H3. The third-order valence-corrected chi connectivity index (χ3v) is 7.74. The first-order chi connectivity index (χ1) is 15.9. The van der Waals surface area contributed by atoms with E-state index in [9.17, 15) is 23.3 Å². The highest BCUT2D eigenvalue weighted by atomic mass is 32.2. The molecule has 0 saturated carbocycles. The SMILES string of the molecule is CCCCn1ncc(C(=O)c2ccc([N+](=O)[O-])c(C(C)=C(C)C)c2C)c1OS(=O)(=O)C(C)CC. The number of aromatic nitrogens is 2. The summed E-state index contributed by atoms with van der Waals surface area (Å²) >= 11 is 0. The van der Waals surface area contributed by atoms with Gasteiger partial charge in [0.25, 0.3) is 5.69 Å². The summed E-state index contributed by atoms with van der Waals surface area (Å²) in [5, 5.41) is 15.1.